The number of carbonyl (C=O) groups excluding carboxylic acids is 1. The first-order chi connectivity index (χ1) is 10.2. The van der Waals surface area contributed by atoms with Gasteiger partial charge in [-0.3, -0.25) is 4.79 Å². The van der Waals surface area contributed by atoms with Gasteiger partial charge in [0.05, 0.1) is 12.5 Å². The molecule has 1 fully saturated rings. The minimum Gasteiger partial charge on any atom is -0.466 e. The first-order valence-electron chi connectivity index (χ1n) is 7.77. The van der Waals surface area contributed by atoms with Crippen molar-refractivity contribution in [2.24, 2.45) is 5.92 Å². The summed E-state index contributed by atoms with van der Waals surface area (Å²) in [5, 5.41) is 0. The molecule has 3 nitrogen and oxygen atoms in total. The summed E-state index contributed by atoms with van der Waals surface area (Å²) in [5.41, 5.74) is 1.31. The highest BCUT2D eigenvalue weighted by Crippen LogP contribution is 2.21. The summed E-state index contributed by atoms with van der Waals surface area (Å²) in [6.07, 6.45) is 1.88. The fourth-order valence-electron chi connectivity index (χ4n) is 2.58. The molecule has 5 heteroatoms. The van der Waals surface area contributed by atoms with Crippen LogP contribution in [0.15, 0.2) is 29.2 Å². The van der Waals surface area contributed by atoms with Crippen molar-refractivity contribution in [2.45, 2.75) is 31.6 Å². The molecule has 1 aromatic carbocycles. The van der Waals surface area contributed by atoms with Crippen LogP contribution in [0.4, 0.5) is 0 Å². The van der Waals surface area contributed by atoms with Gasteiger partial charge < -0.3 is 9.64 Å². The maximum Gasteiger partial charge on any atom is 0.309 e. The van der Waals surface area contributed by atoms with Gasteiger partial charge in [0.25, 0.3) is 0 Å². The standard InChI is InChI=1S/C17H25NO2S.ClH/c1-3-20-17(19)15-8-10-18(11-9-15)12-13-21-16-6-4-14(2)5-7-16;/h4-7,15H,3,8-13H2,1-2H3;1H. The van der Waals surface area contributed by atoms with Crippen LogP contribution in [-0.2, 0) is 9.53 Å². The SMILES string of the molecule is CCOC(=O)C1CCN(CCSc2ccc(C)cc2)CC1.Cl. The molecule has 0 aromatic heterocycles. The maximum atomic E-state index is 11.7. The van der Waals surface area contributed by atoms with E-state index in [-0.39, 0.29) is 24.3 Å². The zero-order valence-corrected chi connectivity index (χ0v) is 15.0. The number of nitrogens with zero attached hydrogens (tertiary/aromatic N) is 1. The monoisotopic (exact) mass is 343 g/mol. The topological polar surface area (TPSA) is 29.5 Å². The van der Waals surface area contributed by atoms with Gasteiger partial charge in [0.2, 0.25) is 0 Å². The van der Waals surface area contributed by atoms with Gasteiger partial charge in [-0.2, -0.15) is 0 Å². The molecule has 0 aliphatic carbocycles. The number of carbonyl (C=O) groups is 1. The third-order valence-corrected chi connectivity index (χ3v) is 4.90. The van der Waals surface area contributed by atoms with Crippen LogP contribution in [0.5, 0.6) is 0 Å². The van der Waals surface area contributed by atoms with Gasteiger partial charge >= 0.3 is 5.97 Å². The summed E-state index contributed by atoms with van der Waals surface area (Å²) in [7, 11) is 0. The first kappa shape index (κ1) is 19.3. The number of halogens is 1. The van der Waals surface area contributed by atoms with Crippen molar-refractivity contribution in [3.63, 3.8) is 0 Å². The smallest absolute Gasteiger partial charge is 0.309 e. The van der Waals surface area contributed by atoms with E-state index in [1.165, 1.54) is 10.5 Å². The van der Waals surface area contributed by atoms with Gasteiger partial charge in [-0.15, -0.1) is 24.2 Å². The lowest BCUT2D eigenvalue weighted by molar-refractivity contribution is -0.149. The molecule has 124 valence electrons. The van der Waals surface area contributed by atoms with E-state index in [9.17, 15) is 4.79 Å². The number of hydrogen-bond acceptors (Lipinski definition) is 4. The largest absolute Gasteiger partial charge is 0.466 e. The molecule has 0 saturated carbocycles. The van der Waals surface area contributed by atoms with E-state index in [2.05, 4.69) is 36.1 Å². The van der Waals surface area contributed by atoms with E-state index in [0.717, 1.165) is 38.2 Å². The molecule has 1 saturated heterocycles. The summed E-state index contributed by atoms with van der Waals surface area (Å²) in [6.45, 7) is 7.59. The molecule has 2 rings (SSSR count). The number of likely N-dealkylation sites (tertiary alicyclic amines) is 1. The van der Waals surface area contributed by atoms with Crippen LogP contribution >= 0.6 is 24.2 Å². The molecule has 0 N–H and O–H groups in total. The highest BCUT2D eigenvalue weighted by atomic mass is 35.5. The van der Waals surface area contributed by atoms with Crippen molar-refractivity contribution in [3.05, 3.63) is 29.8 Å². The molecule has 1 aliphatic heterocycles. The van der Waals surface area contributed by atoms with Gasteiger partial charge in [0.15, 0.2) is 0 Å². The minimum atomic E-state index is -0.00817. The lowest BCUT2D eigenvalue weighted by Crippen LogP contribution is -2.38. The Bertz CT molecular complexity index is 444. The molecular weight excluding hydrogens is 318 g/mol. The van der Waals surface area contributed by atoms with Gasteiger partial charge in [0.1, 0.15) is 0 Å². The van der Waals surface area contributed by atoms with Crippen LogP contribution in [0.25, 0.3) is 0 Å². The van der Waals surface area contributed by atoms with Gasteiger partial charge in [-0.25, -0.2) is 0 Å². The van der Waals surface area contributed by atoms with Gasteiger partial charge in [-0.05, 0) is 51.9 Å². The van der Waals surface area contributed by atoms with Crippen molar-refractivity contribution in [1.82, 2.24) is 4.90 Å². The van der Waals surface area contributed by atoms with Crippen LogP contribution in [0, 0.1) is 12.8 Å². The van der Waals surface area contributed by atoms with E-state index in [1.807, 2.05) is 18.7 Å². The predicted molar refractivity (Wildman–Crippen MR) is 94.9 cm³/mol. The normalized spacial score (nSPS) is 16.1. The summed E-state index contributed by atoms with van der Waals surface area (Å²) in [6, 6.07) is 8.69. The molecular formula is C17H26ClNO2S. The lowest BCUT2D eigenvalue weighted by Gasteiger charge is -2.30. The van der Waals surface area contributed by atoms with Crippen molar-refractivity contribution in [3.8, 4) is 0 Å². The number of aryl methyl sites for hydroxylation is 1. The third kappa shape index (κ3) is 6.19. The van der Waals surface area contributed by atoms with Crippen LogP contribution in [0.2, 0.25) is 0 Å². The zero-order valence-electron chi connectivity index (χ0n) is 13.4. The number of rotatable bonds is 6. The molecule has 22 heavy (non-hydrogen) atoms. The Morgan fingerprint density at radius 2 is 1.91 bits per heavy atom. The maximum absolute atomic E-state index is 11.7. The molecule has 1 aromatic rings. The zero-order chi connectivity index (χ0) is 15.1. The Morgan fingerprint density at radius 3 is 2.50 bits per heavy atom. The predicted octanol–water partition coefficient (Wildman–Crippen LogP) is 3.78. The molecule has 0 bridgehead atoms. The summed E-state index contributed by atoms with van der Waals surface area (Å²) >= 11 is 1.90. The molecule has 0 atom stereocenters. The van der Waals surface area contributed by atoms with Crippen LogP contribution in [0.3, 0.4) is 0 Å². The van der Waals surface area contributed by atoms with Crippen LogP contribution in [-0.4, -0.2) is 42.9 Å². The van der Waals surface area contributed by atoms with Crippen LogP contribution < -0.4 is 0 Å². The summed E-state index contributed by atoms with van der Waals surface area (Å²) in [4.78, 5) is 15.5. The summed E-state index contributed by atoms with van der Waals surface area (Å²) in [5.74, 6) is 1.21. The van der Waals surface area contributed by atoms with E-state index in [4.69, 9.17) is 4.74 Å². The van der Waals surface area contributed by atoms with Gasteiger partial charge in [-0.1, -0.05) is 17.7 Å². The Labute approximate surface area is 144 Å². The van der Waals surface area contributed by atoms with E-state index < -0.39 is 0 Å². The van der Waals surface area contributed by atoms with E-state index in [0.29, 0.717) is 6.61 Å². The number of esters is 1. The third-order valence-electron chi connectivity index (χ3n) is 3.90. The molecule has 1 heterocycles. The average Bonchev–Trinajstić information content (AvgIpc) is 2.50. The number of thioether (sulfide) groups is 1. The van der Waals surface area contributed by atoms with Crippen molar-refractivity contribution < 1.29 is 9.53 Å². The van der Waals surface area contributed by atoms with Crippen molar-refractivity contribution in [2.75, 3.05) is 32.0 Å². The average molecular weight is 344 g/mol. The molecule has 0 radical (unpaired) electrons. The highest BCUT2D eigenvalue weighted by Gasteiger charge is 2.25. The Balaban J connectivity index is 0.00000242. The number of piperidine rings is 1. The second-order valence-electron chi connectivity index (χ2n) is 5.53. The fraction of sp³-hybridized carbons (Fsp3) is 0.588. The molecule has 1 aliphatic rings. The van der Waals surface area contributed by atoms with Crippen molar-refractivity contribution in [1.29, 1.82) is 0 Å². The fourth-order valence-corrected chi connectivity index (χ4v) is 3.49. The lowest BCUT2D eigenvalue weighted by atomic mass is 9.97. The van der Waals surface area contributed by atoms with E-state index in [1.54, 1.807) is 0 Å². The van der Waals surface area contributed by atoms with Crippen LogP contribution in [0.1, 0.15) is 25.3 Å². The second kappa shape index (κ2) is 10.1. The molecule has 0 unspecified atom stereocenters. The second-order valence-corrected chi connectivity index (χ2v) is 6.70. The molecule has 0 spiro atoms. The number of hydrogen-bond donors (Lipinski definition) is 0. The Morgan fingerprint density at radius 1 is 1.27 bits per heavy atom. The Hall–Kier alpha value is -0.710. The highest BCUT2D eigenvalue weighted by molar-refractivity contribution is 7.99. The Kier molecular flexibility index (Phi) is 8.91. The quantitative estimate of drug-likeness (QED) is 0.580. The number of benzene rings is 1. The van der Waals surface area contributed by atoms with Crippen molar-refractivity contribution >= 4 is 30.1 Å². The number of ether oxygens (including phenoxy) is 1. The molecule has 0 amide bonds. The van der Waals surface area contributed by atoms with E-state index >= 15 is 0 Å². The minimum absolute atomic E-state index is 0. The summed E-state index contributed by atoms with van der Waals surface area (Å²) < 4.78 is 5.10. The first-order valence-corrected chi connectivity index (χ1v) is 8.76. The van der Waals surface area contributed by atoms with Gasteiger partial charge in [0, 0.05) is 17.2 Å².